The van der Waals surface area contributed by atoms with Gasteiger partial charge in [-0.1, -0.05) is 96.3 Å². The van der Waals surface area contributed by atoms with Crippen molar-refractivity contribution >= 4 is 0 Å². The van der Waals surface area contributed by atoms with Gasteiger partial charge in [-0.3, -0.25) is 0 Å². The molecule has 0 saturated carbocycles. The molecule has 0 unspecified atom stereocenters. The lowest BCUT2D eigenvalue weighted by Crippen LogP contribution is -2.20. The van der Waals surface area contributed by atoms with E-state index in [9.17, 15) is 0 Å². The molecule has 1 heterocycles. The van der Waals surface area contributed by atoms with Crippen molar-refractivity contribution < 1.29 is 0 Å². The van der Waals surface area contributed by atoms with E-state index in [1.165, 1.54) is 122 Å². The fourth-order valence-corrected chi connectivity index (χ4v) is 3.53. The zero-order chi connectivity index (χ0) is 15.0. The summed E-state index contributed by atoms with van der Waals surface area (Å²) in [6.45, 7) is 2.64. The van der Waals surface area contributed by atoms with E-state index in [2.05, 4.69) is 11.9 Å². The Morgan fingerprint density at radius 2 is 0.524 bits per heavy atom. The monoisotopic (exact) mass is 295 g/mol. The first-order valence-corrected chi connectivity index (χ1v) is 10.1. The Labute approximate surface area is 134 Å². The fraction of sp³-hybridized carbons (Fsp3) is 1.00. The second-order valence-corrected chi connectivity index (χ2v) is 7.31. The molecule has 1 aliphatic heterocycles. The Hall–Kier alpha value is -0.0400. The minimum Gasteiger partial charge on any atom is -0.306 e. The second kappa shape index (κ2) is 14.9. The van der Waals surface area contributed by atoms with Crippen LogP contribution in [0.15, 0.2) is 0 Å². The summed E-state index contributed by atoms with van der Waals surface area (Å²) in [4.78, 5) is 2.55. The van der Waals surface area contributed by atoms with Crippen LogP contribution in [-0.4, -0.2) is 25.0 Å². The van der Waals surface area contributed by atoms with Gasteiger partial charge in [0.05, 0.1) is 0 Å². The zero-order valence-corrected chi connectivity index (χ0v) is 14.9. The summed E-state index contributed by atoms with van der Waals surface area (Å²) in [6, 6.07) is 0. The van der Waals surface area contributed by atoms with E-state index in [4.69, 9.17) is 0 Å². The molecule has 1 aliphatic rings. The molecule has 0 atom stereocenters. The standard InChI is InChI=1S/C20H41N/c1-21-19-17-15-13-11-9-7-5-3-2-4-6-8-10-12-14-16-18-20-21/h2-20H2,1H3. The summed E-state index contributed by atoms with van der Waals surface area (Å²) in [7, 11) is 2.31. The van der Waals surface area contributed by atoms with Crippen LogP contribution < -0.4 is 0 Å². The molecule has 1 fully saturated rings. The van der Waals surface area contributed by atoms with Gasteiger partial charge >= 0.3 is 0 Å². The third-order valence-electron chi connectivity index (χ3n) is 5.08. The number of hydrogen-bond acceptors (Lipinski definition) is 1. The highest BCUT2D eigenvalue weighted by molar-refractivity contribution is 4.55. The van der Waals surface area contributed by atoms with Gasteiger partial charge in [0.15, 0.2) is 0 Å². The zero-order valence-electron chi connectivity index (χ0n) is 14.9. The van der Waals surface area contributed by atoms with Gasteiger partial charge in [-0.05, 0) is 33.0 Å². The molecule has 0 amide bonds. The summed E-state index contributed by atoms with van der Waals surface area (Å²) in [5, 5.41) is 0. The Bertz CT molecular complexity index is 182. The maximum Gasteiger partial charge on any atom is -0.00218 e. The average molecular weight is 296 g/mol. The van der Waals surface area contributed by atoms with E-state index in [0.29, 0.717) is 0 Å². The predicted molar refractivity (Wildman–Crippen MR) is 96.0 cm³/mol. The Balaban J connectivity index is 2.08. The van der Waals surface area contributed by atoms with Gasteiger partial charge in [-0.2, -0.15) is 0 Å². The van der Waals surface area contributed by atoms with E-state index in [1.807, 2.05) is 0 Å². The molecular weight excluding hydrogens is 254 g/mol. The Morgan fingerprint density at radius 3 is 0.762 bits per heavy atom. The highest BCUT2D eigenvalue weighted by Crippen LogP contribution is 2.14. The van der Waals surface area contributed by atoms with Gasteiger partial charge in [0.2, 0.25) is 0 Å². The molecular formula is C20H41N. The van der Waals surface area contributed by atoms with E-state index < -0.39 is 0 Å². The molecule has 1 rings (SSSR count). The average Bonchev–Trinajstić information content (AvgIpc) is 2.48. The van der Waals surface area contributed by atoms with Crippen molar-refractivity contribution in [3.05, 3.63) is 0 Å². The van der Waals surface area contributed by atoms with Crippen molar-refractivity contribution in [2.24, 2.45) is 0 Å². The SMILES string of the molecule is CN1CCCCCCCCCCCCCCCCCCC1. The summed E-state index contributed by atoms with van der Waals surface area (Å²) < 4.78 is 0. The van der Waals surface area contributed by atoms with Crippen LogP contribution in [0.1, 0.15) is 109 Å². The van der Waals surface area contributed by atoms with Crippen LogP contribution >= 0.6 is 0 Å². The summed E-state index contributed by atoms with van der Waals surface area (Å²) in [6.07, 6.45) is 25.0. The molecule has 0 aliphatic carbocycles. The van der Waals surface area contributed by atoms with Crippen molar-refractivity contribution in [1.29, 1.82) is 0 Å². The molecule has 1 nitrogen and oxygen atoms in total. The third-order valence-corrected chi connectivity index (χ3v) is 5.08. The topological polar surface area (TPSA) is 3.24 Å². The van der Waals surface area contributed by atoms with Crippen LogP contribution in [0.3, 0.4) is 0 Å². The Morgan fingerprint density at radius 1 is 0.333 bits per heavy atom. The van der Waals surface area contributed by atoms with Crippen LogP contribution in [0.2, 0.25) is 0 Å². The van der Waals surface area contributed by atoms with Gasteiger partial charge < -0.3 is 4.90 Å². The molecule has 0 aromatic carbocycles. The summed E-state index contributed by atoms with van der Waals surface area (Å²) in [5.74, 6) is 0. The molecule has 0 aromatic heterocycles. The maximum atomic E-state index is 2.55. The van der Waals surface area contributed by atoms with E-state index in [1.54, 1.807) is 0 Å². The summed E-state index contributed by atoms with van der Waals surface area (Å²) in [5.41, 5.74) is 0. The lowest BCUT2D eigenvalue weighted by molar-refractivity contribution is 0.314. The third kappa shape index (κ3) is 13.4. The highest BCUT2D eigenvalue weighted by atomic mass is 15.1. The largest absolute Gasteiger partial charge is 0.306 e. The summed E-state index contributed by atoms with van der Waals surface area (Å²) >= 11 is 0. The molecule has 126 valence electrons. The number of hydrogen-bond donors (Lipinski definition) is 0. The Kier molecular flexibility index (Phi) is 13.5. The molecule has 0 spiro atoms. The smallest absolute Gasteiger partial charge is 0.00218 e. The highest BCUT2D eigenvalue weighted by Gasteiger charge is 1.99. The van der Waals surface area contributed by atoms with Gasteiger partial charge in [0.25, 0.3) is 0 Å². The minimum atomic E-state index is 1.32. The first-order chi connectivity index (χ1) is 10.4. The normalized spacial score (nSPS) is 24.4. The van der Waals surface area contributed by atoms with Crippen molar-refractivity contribution in [2.75, 3.05) is 20.1 Å². The van der Waals surface area contributed by atoms with Crippen molar-refractivity contribution in [2.45, 2.75) is 109 Å². The van der Waals surface area contributed by atoms with Gasteiger partial charge in [-0.15, -0.1) is 0 Å². The molecule has 0 bridgehead atoms. The molecule has 0 aromatic rings. The maximum absolute atomic E-state index is 2.55. The predicted octanol–water partition coefficient (Wildman–Crippen LogP) is 6.56. The fourth-order valence-electron chi connectivity index (χ4n) is 3.53. The molecule has 0 N–H and O–H groups in total. The molecule has 1 saturated heterocycles. The lowest BCUT2D eigenvalue weighted by atomic mass is 10.0. The van der Waals surface area contributed by atoms with Crippen molar-refractivity contribution in [3.8, 4) is 0 Å². The first-order valence-electron chi connectivity index (χ1n) is 10.1. The lowest BCUT2D eigenvalue weighted by Gasteiger charge is -2.16. The van der Waals surface area contributed by atoms with Crippen LogP contribution in [0.25, 0.3) is 0 Å². The van der Waals surface area contributed by atoms with E-state index in [-0.39, 0.29) is 0 Å². The first kappa shape index (κ1) is 19.0. The van der Waals surface area contributed by atoms with E-state index >= 15 is 0 Å². The second-order valence-electron chi connectivity index (χ2n) is 7.31. The van der Waals surface area contributed by atoms with Crippen LogP contribution in [0, 0.1) is 0 Å². The molecule has 21 heavy (non-hydrogen) atoms. The van der Waals surface area contributed by atoms with Crippen LogP contribution in [0.5, 0.6) is 0 Å². The van der Waals surface area contributed by atoms with E-state index in [0.717, 1.165) is 0 Å². The van der Waals surface area contributed by atoms with Crippen molar-refractivity contribution in [1.82, 2.24) is 4.90 Å². The van der Waals surface area contributed by atoms with Crippen molar-refractivity contribution in [3.63, 3.8) is 0 Å². The molecule has 1 heteroatoms. The van der Waals surface area contributed by atoms with Crippen LogP contribution in [0.4, 0.5) is 0 Å². The molecule has 0 radical (unpaired) electrons. The number of rotatable bonds is 0. The van der Waals surface area contributed by atoms with Gasteiger partial charge in [0.1, 0.15) is 0 Å². The quantitative estimate of drug-likeness (QED) is 0.489. The minimum absolute atomic E-state index is 1.32. The van der Waals surface area contributed by atoms with Crippen LogP contribution in [-0.2, 0) is 0 Å². The van der Waals surface area contributed by atoms with Gasteiger partial charge in [-0.25, -0.2) is 0 Å². The number of nitrogens with zero attached hydrogens (tertiary/aromatic N) is 1. The van der Waals surface area contributed by atoms with Gasteiger partial charge in [0, 0.05) is 0 Å².